The molecule has 2 amide bonds. The molecule has 0 unspecified atom stereocenters. The van der Waals surface area contributed by atoms with Crippen LogP contribution in [0.5, 0.6) is 11.5 Å². The van der Waals surface area contributed by atoms with Crippen LogP contribution in [0.25, 0.3) is 0 Å². The number of carbonyl (C=O) groups is 2. The van der Waals surface area contributed by atoms with Crippen LogP contribution in [-0.2, 0) is 16.1 Å². The Kier molecular flexibility index (Phi) is 6.54. The van der Waals surface area contributed by atoms with E-state index in [0.29, 0.717) is 17.2 Å². The number of hydrogen-bond donors (Lipinski definition) is 1. The van der Waals surface area contributed by atoms with Crippen LogP contribution in [0.3, 0.4) is 0 Å². The van der Waals surface area contributed by atoms with Crippen LogP contribution in [0.1, 0.15) is 12.5 Å². The largest absolute Gasteiger partial charge is 0.493 e. The maximum absolute atomic E-state index is 13.0. The molecule has 0 aliphatic rings. The fourth-order valence-electron chi connectivity index (χ4n) is 2.40. The second-order valence-electron chi connectivity index (χ2n) is 5.55. The maximum Gasteiger partial charge on any atom is 0.240 e. The molecular formula is C19H21FN2O4. The van der Waals surface area contributed by atoms with Gasteiger partial charge in [-0.25, -0.2) is 4.39 Å². The van der Waals surface area contributed by atoms with Crippen molar-refractivity contribution in [3.05, 3.63) is 53.8 Å². The molecule has 0 spiro atoms. The van der Waals surface area contributed by atoms with Crippen LogP contribution >= 0.6 is 0 Å². The van der Waals surface area contributed by atoms with Crippen molar-refractivity contribution in [1.29, 1.82) is 0 Å². The van der Waals surface area contributed by atoms with Gasteiger partial charge in [-0.15, -0.1) is 0 Å². The van der Waals surface area contributed by atoms with E-state index in [-0.39, 0.29) is 24.9 Å². The second-order valence-corrected chi connectivity index (χ2v) is 5.55. The maximum atomic E-state index is 13.0. The number of methoxy groups -OCH3 is 2. The molecule has 6 nitrogen and oxygen atoms in total. The van der Waals surface area contributed by atoms with Gasteiger partial charge < -0.3 is 19.7 Å². The summed E-state index contributed by atoms with van der Waals surface area (Å²) in [6.07, 6.45) is 0. The highest BCUT2D eigenvalue weighted by Gasteiger charge is 2.16. The van der Waals surface area contributed by atoms with E-state index in [1.807, 2.05) is 6.07 Å². The number of nitrogens with one attached hydrogen (secondary N) is 1. The number of nitrogens with zero attached hydrogens (tertiary/aromatic N) is 1. The first kappa shape index (κ1) is 19.2. The minimum atomic E-state index is -0.407. The van der Waals surface area contributed by atoms with Crippen LogP contribution in [0.15, 0.2) is 42.5 Å². The molecule has 0 heterocycles. The quantitative estimate of drug-likeness (QED) is 0.824. The van der Waals surface area contributed by atoms with Gasteiger partial charge in [-0.3, -0.25) is 9.59 Å². The smallest absolute Gasteiger partial charge is 0.240 e. The second kappa shape index (κ2) is 8.84. The lowest BCUT2D eigenvalue weighted by Crippen LogP contribution is -2.39. The Balaban J connectivity index is 2.00. The monoisotopic (exact) mass is 360 g/mol. The van der Waals surface area contributed by atoms with Crippen LogP contribution in [0, 0.1) is 5.82 Å². The Hall–Kier alpha value is -3.09. The Bertz CT molecular complexity index is 778. The lowest BCUT2D eigenvalue weighted by atomic mass is 10.2. The zero-order valence-corrected chi connectivity index (χ0v) is 14.9. The molecule has 2 aromatic carbocycles. The fraction of sp³-hybridized carbons (Fsp3) is 0.263. The van der Waals surface area contributed by atoms with Gasteiger partial charge in [-0.2, -0.15) is 0 Å². The average Bonchev–Trinajstić information content (AvgIpc) is 2.64. The van der Waals surface area contributed by atoms with Crippen LogP contribution in [0.4, 0.5) is 10.1 Å². The molecule has 0 radical (unpaired) electrons. The van der Waals surface area contributed by atoms with Crippen molar-refractivity contribution < 1.29 is 23.5 Å². The number of hydrogen-bond acceptors (Lipinski definition) is 4. The van der Waals surface area contributed by atoms with Crippen molar-refractivity contribution in [2.45, 2.75) is 13.5 Å². The van der Waals surface area contributed by atoms with Gasteiger partial charge in [0.15, 0.2) is 11.5 Å². The molecule has 26 heavy (non-hydrogen) atoms. The van der Waals surface area contributed by atoms with Crippen molar-refractivity contribution in [1.82, 2.24) is 5.32 Å². The van der Waals surface area contributed by atoms with Crippen LogP contribution in [0.2, 0.25) is 0 Å². The van der Waals surface area contributed by atoms with E-state index in [0.717, 1.165) is 5.56 Å². The molecule has 0 aromatic heterocycles. The highest BCUT2D eigenvalue weighted by molar-refractivity contribution is 5.97. The van der Waals surface area contributed by atoms with Crippen molar-refractivity contribution in [3.63, 3.8) is 0 Å². The summed E-state index contributed by atoms with van der Waals surface area (Å²) in [6.45, 7) is 1.47. The third kappa shape index (κ3) is 4.95. The normalized spacial score (nSPS) is 10.2. The zero-order chi connectivity index (χ0) is 19.1. The first-order chi connectivity index (χ1) is 12.4. The van der Waals surface area contributed by atoms with Gasteiger partial charge in [0.2, 0.25) is 11.8 Å². The van der Waals surface area contributed by atoms with E-state index in [4.69, 9.17) is 9.47 Å². The van der Waals surface area contributed by atoms with Gasteiger partial charge in [0, 0.05) is 19.2 Å². The van der Waals surface area contributed by atoms with Crippen molar-refractivity contribution in [2.75, 3.05) is 25.7 Å². The highest BCUT2D eigenvalue weighted by Crippen LogP contribution is 2.27. The van der Waals surface area contributed by atoms with Gasteiger partial charge in [0.25, 0.3) is 0 Å². The SMILES string of the molecule is COc1ccc(CNC(=O)CN(C(C)=O)c2ccc(F)cc2)cc1OC. The molecule has 0 fully saturated rings. The highest BCUT2D eigenvalue weighted by atomic mass is 19.1. The molecule has 2 aromatic rings. The number of rotatable bonds is 7. The molecule has 0 aliphatic heterocycles. The van der Waals surface area contributed by atoms with Gasteiger partial charge in [-0.05, 0) is 42.0 Å². The number of amides is 2. The third-order valence-electron chi connectivity index (χ3n) is 3.76. The minimum Gasteiger partial charge on any atom is -0.493 e. The molecule has 0 aliphatic carbocycles. The molecule has 0 bridgehead atoms. The molecule has 7 heteroatoms. The van der Waals surface area contributed by atoms with E-state index >= 15 is 0 Å². The molecule has 138 valence electrons. The van der Waals surface area contributed by atoms with Gasteiger partial charge in [0.1, 0.15) is 12.4 Å². The predicted octanol–water partition coefficient (Wildman–Crippen LogP) is 2.51. The third-order valence-corrected chi connectivity index (χ3v) is 3.76. The van der Waals surface area contributed by atoms with Gasteiger partial charge >= 0.3 is 0 Å². The summed E-state index contributed by atoms with van der Waals surface area (Å²) in [6, 6.07) is 10.7. The summed E-state index contributed by atoms with van der Waals surface area (Å²) in [5.41, 5.74) is 1.28. The number of benzene rings is 2. The summed E-state index contributed by atoms with van der Waals surface area (Å²) >= 11 is 0. The molecule has 2 rings (SSSR count). The first-order valence-corrected chi connectivity index (χ1v) is 7.96. The van der Waals surface area contributed by atoms with Crippen LogP contribution in [-0.4, -0.2) is 32.6 Å². The van der Waals surface area contributed by atoms with Crippen molar-refractivity contribution >= 4 is 17.5 Å². The predicted molar refractivity (Wildman–Crippen MR) is 95.8 cm³/mol. The topological polar surface area (TPSA) is 67.9 Å². The van der Waals surface area contributed by atoms with Crippen molar-refractivity contribution in [3.8, 4) is 11.5 Å². The molecule has 0 atom stereocenters. The van der Waals surface area contributed by atoms with E-state index in [9.17, 15) is 14.0 Å². The summed E-state index contributed by atoms with van der Waals surface area (Å²) in [4.78, 5) is 25.3. The number of halogens is 1. The molecule has 1 N–H and O–H groups in total. The van der Waals surface area contributed by atoms with E-state index in [1.165, 1.54) is 43.2 Å². The summed E-state index contributed by atoms with van der Waals surface area (Å²) in [7, 11) is 3.08. The van der Waals surface area contributed by atoms with E-state index in [2.05, 4.69) is 5.32 Å². The Morgan fingerprint density at radius 3 is 2.27 bits per heavy atom. The van der Waals surface area contributed by atoms with E-state index in [1.54, 1.807) is 19.2 Å². The zero-order valence-electron chi connectivity index (χ0n) is 14.9. The Morgan fingerprint density at radius 2 is 1.69 bits per heavy atom. The molecule has 0 saturated carbocycles. The standard InChI is InChI=1S/C19H21FN2O4/c1-13(23)22(16-7-5-15(20)6-8-16)12-19(24)21-11-14-4-9-17(25-2)18(10-14)26-3/h4-10H,11-12H2,1-3H3,(H,21,24). The van der Waals surface area contributed by atoms with Crippen LogP contribution < -0.4 is 19.7 Å². The fourth-order valence-corrected chi connectivity index (χ4v) is 2.40. The Morgan fingerprint density at radius 1 is 1.04 bits per heavy atom. The molecular weight excluding hydrogens is 339 g/mol. The minimum absolute atomic E-state index is 0.158. The lowest BCUT2D eigenvalue weighted by Gasteiger charge is -2.20. The first-order valence-electron chi connectivity index (χ1n) is 7.96. The lowest BCUT2D eigenvalue weighted by molar-refractivity contribution is -0.123. The van der Waals surface area contributed by atoms with Gasteiger partial charge in [-0.1, -0.05) is 6.07 Å². The summed E-state index contributed by atoms with van der Waals surface area (Å²) in [5.74, 6) is 0.116. The average molecular weight is 360 g/mol. The summed E-state index contributed by atoms with van der Waals surface area (Å²) in [5, 5.41) is 2.75. The number of ether oxygens (including phenoxy) is 2. The number of anilines is 1. The molecule has 0 saturated heterocycles. The van der Waals surface area contributed by atoms with Gasteiger partial charge in [0.05, 0.1) is 14.2 Å². The van der Waals surface area contributed by atoms with Crippen molar-refractivity contribution in [2.24, 2.45) is 0 Å². The number of carbonyl (C=O) groups excluding carboxylic acids is 2. The van der Waals surface area contributed by atoms with E-state index < -0.39 is 5.82 Å². The summed E-state index contributed by atoms with van der Waals surface area (Å²) < 4.78 is 23.4. The Labute approximate surface area is 151 Å².